The fourth-order valence-corrected chi connectivity index (χ4v) is 7.88. The summed E-state index contributed by atoms with van der Waals surface area (Å²) in [5, 5.41) is 0. The molecule has 0 aliphatic carbocycles. The van der Waals surface area contributed by atoms with E-state index in [1.807, 2.05) is 0 Å². The Morgan fingerprint density at radius 3 is 1.47 bits per heavy atom. The van der Waals surface area contributed by atoms with E-state index in [9.17, 15) is 0 Å². The van der Waals surface area contributed by atoms with Gasteiger partial charge in [-0.1, -0.05) is 52.4 Å². The summed E-state index contributed by atoms with van der Waals surface area (Å²) in [5.74, 6) is 0. The molecule has 3 heteroatoms. The molecule has 0 amide bonds. The summed E-state index contributed by atoms with van der Waals surface area (Å²) in [5.41, 5.74) is 0. The minimum atomic E-state index is -0.781. The maximum atomic E-state index is 6.22. The summed E-state index contributed by atoms with van der Waals surface area (Å²) >= 11 is 0. The molecule has 0 N–H and O–H groups in total. The van der Waals surface area contributed by atoms with Crippen LogP contribution in [0.1, 0.15) is 52.4 Å². The van der Waals surface area contributed by atoms with Gasteiger partial charge in [-0.25, -0.2) is 0 Å². The molecule has 0 fully saturated rings. The van der Waals surface area contributed by atoms with Gasteiger partial charge in [-0.15, -0.1) is 0 Å². The Morgan fingerprint density at radius 1 is 0.733 bits per heavy atom. The van der Waals surface area contributed by atoms with Crippen molar-refractivity contribution in [2.75, 3.05) is 0 Å². The lowest BCUT2D eigenvalue weighted by Crippen LogP contribution is -2.23. The molecule has 0 bridgehead atoms. The first kappa shape index (κ1) is 15.4. The molecule has 92 valence electrons. The first-order chi connectivity index (χ1) is 7.20. The molecule has 0 aliphatic rings. The van der Waals surface area contributed by atoms with Gasteiger partial charge in [0.25, 0.3) is 0 Å². The van der Waals surface area contributed by atoms with Crippen LogP contribution in [0.3, 0.4) is 0 Å². The van der Waals surface area contributed by atoms with E-state index in [0.717, 1.165) is 0 Å². The smallest absolute Gasteiger partial charge is 0.159 e. The molecular weight excluding hydrogens is 216 g/mol. The summed E-state index contributed by atoms with van der Waals surface area (Å²) in [6, 6.07) is 2.80. The van der Waals surface area contributed by atoms with Gasteiger partial charge in [0, 0.05) is 0 Å². The van der Waals surface area contributed by atoms with Crippen LogP contribution in [-0.4, -0.2) is 18.1 Å². The Balaban J connectivity index is 3.35. The van der Waals surface area contributed by atoms with E-state index < -0.39 is 18.1 Å². The molecule has 0 rings (SSSR count). The molecule has 1 nitrogen and oxygen atoms in total. The highest BCUT2D eigenvalue weighted by Gasteiger charge is 2.10. The number of rotatable bonds is 10. The zero-order valence-corrected chi connectivity index (χ0v) is 13.5. The Bertz CT molecular complexity index is 117. The van der Waals surface area contributed by atoms with Crippen molar-refractivity contribution in [3.05, 3.63) is 0 Å². The number of hydrogen-bond donors (Lipinski definition) is 0. The van der Waals surface area contributed by atoms with Gasteiger partial charge >= 0.3 is 0 Å². The van der Waals surface area contributed by atoms with Gasteiger partial charge in [-0.05, 0) is 25.2 Å². The Morgan fingerprint density at radius 2 is 1.13 bits per heavy atom. The second kappa shape index (κ2) is 10.9. The number of unbranched alkanes of at least 4 members (excludes halogenated alkanes) is 4. The lowest BCUT2D eigenvalue weighted by Gasteiger charge is -2.17. The van der Waals surface area contributed by atoms with E-state index in [4.69, 9.17) is 4.12 Å². The molecule has 0 saturated heterocycles. The van der Waals surface area contributed by atoms with Gasteiger partial charge in [0.15, 0.2) is 18.1 Å². The zero-order valence-electron chi connectivity index (χ0n) is 11.2. The lowest BCUT2D eigenvalue weighted by molar-refractivity contribution is 0.572. The summed E-state index contributed by atoms with van der Waals surface area (Å²) in [7, 11) is -1.56. The van der Waals surface area contributed by atoms with Gasteiger partial charge in [0.05, 0.1) is 0 Å². The van der Waals surface area contributed by atoms with Crippen LogP contribution in [0, 0.1) is 0 Å². The van der Waals surface area contributed by atoms with E-state index in [1.165, 1.54) is 50.6 Å². The van der Waals surface area contributed by atoms with E-state index >= 15 is 0 Å². The third-order valence-electron chi connectivity index (χ3n) is 2.89. The normalized spacial score (nSPS) is 15.2. The average Bonchev–Trinajstić information content (AvgIpc) is 2.18. The van der Waals surface area contributed by atoms with Gasteiger partial charge in [-0.2, -0.15) is 0 Å². The first-order valence-corrected chi connectivity index (χ1v) is 11.7. The topological polar surface area (TPSA) is 9.23 Å². The van der Waals surface area contributed by atoms with Crippen molar-refractivity contribution in [2.24, 2.45) is 0 Å². The van der Waals surface area contributed by atoms with Gasteiger partial charge < -0.3 is 4.12 Å². The molecule has 0 saturated carbocycles. The molecule has 0 spiro atoms. The van der Waals surface area contributed by atoms with Crippen molar-refractivity contribution in [2.45, 2.75) is 77.6 Å². The van der Waals surface area contributed by atoms with E-state index in [1.54, 1.807) is 0 Å². The molecule has 2 atom stereocenters. The largest absolute Gasteiger partial charge is 0.460 e. The van der Waals surface area contributed by atoms with E-state index in [0.29, 0.717) is 0 Å². The first-order valence-electron chi connectivity index (χ1n) is 6.86. The Kier molecular flexibility index (Phi) is 11.2. The van der Waals surface area contributed by atoms with Crippen LogP contribution in [0.5, 0.6) is 0 Å². The Hall–Kier alpha value is 0.394. The van der Waals surface area contributed by atoms with Gasteiger partial charge in [0.2, 0.25) is 0 Å². The Labute approximate surface area is 100 Å². The minimum Gasteiger partial charge on any atom is -0.460 e. The SMILES string of the molecule is CCCCC[SiH](C)O[SiH](C)CCCCC. The van der Waals surface area contributed by atoms with E-state index in [2.05, 4.69) is 26.9 Å². The fraction of sp³-hybridized carbons (Fsp3) is 1.00. The monoisotopic (exact) mass is 246 g/mol. The highest BCUT2D eigenvalue weighted by molar-refractivity contribution is 6.64. The third kappa shape index (κ3) is 10.7. The maximum absolute atomic E-state index is 6.22. The summed E-state index contributed by atoms with van der Waals surface area (Å²) in [4.78, 5) is 0. The van der Waals surface area contributed by atoms with Crippen molar-refractivity contribution < 1.29 is 4.12 Å². The summed E-state index contributed by atoms with van der Waals surface area (Å²) in [6.45, 7) is 9.32. The molecule has 0 aromatic heterocycles. The van der Waals surface area contributed by atoms with Crippen molar-refractivity contribution in [3.63, 3.8) is 0 Å². The molecular formula is C12H30OSi2. The van der Waals surface area contributed by atoms with Crippen molar-refractivity contribution in [1.82, 2.24) is 0 Å². The highest BCUT2D eigenvalue weighted by atomic mass is 28.4. The standard InChI is InChI=1S/C12H30OSi2/c1-5-7-9-11-14(3)13-15(4)12-10-8-6-2/h14-15H,5-12H2,1-4H3. The van der Waals surface area contributed by atoms with Crippen LogP contribution in [0.4, 0.5) is 0 Å². The molecule has 0 aromatic carbocycles. The number of hydrogen-bond acceptors (Lipinski definition) is 1. The van der Waals surface area contributed by atoms with Crippen LogP contribution in [-0.2, 0) is 4.12 Å². The predicted molar refractivity (Wildman–Crippen MR) is 75.8 cm³/mol. The fourth-order valence-electron chi connectivity index (χ4n) is 1.90. The van der Waals surface area contributed by atoms with Crippen LogP contribution in [0.2, 0.25) is 25.2 Å². The maximum Gasteiger partial charge on any atom is 0.159 e. The van der Waals surface area contributed by atoms with Gasteiger partial charge in [0.1, 0.15) is 0 Å². The molecule has 15 heavy (non-hydrogen) atoms. The highest BCUT2D eigenvalue weighted by Crippen LogP contribution is 2.10. The summed E-state index contributed by atoms with van der Waals surface area (Å²) in [6.07, 6.45) is 8.27. The van der Waals surface area contributed by atoms with Crippen LogP contribution in [0.25, 0.3) is 0 Å². The third-order valence-corrected chi connectivity index (χ3v) is 9.05. The summed E-state index contributed by atoms with van der Waals surface area (Å²) < 4.78 is 6.22. The molecule has 2 unspecified atom stereocenters. The van der Waals surface area contributed by atoms with Crippen LogP contribution >= 0.6 is 0 Å². The van der Waals surface area contributed by atoms with Crippen LogP contribution in [0.15, 0.2) is 0 Å². The van der Waals surface area contributed by atoms with Crippen molar-refractivity contribution in [3.8, 4) is 0 Å². The minimum absolute atomic E-state index is 0.781. The van der Waals surface area contributed by atoms with E-state index in [-0.39, 0.29) is 0 Å². The average molecular weight is 247 g/mol. The second-order valence-electron chi connectivity index (χ2n) is 4.75. The molecule has 0 aromatic rings. The molecule has 0 heterocycles. The van der Waals surface area contributed by atoms with Crippen LogP contribution < -0.4 is 0 Å². The molecule has 0 aliphatic heterocycles. The second-order valence-corrected chi connectivity index (χ2v) is 10.2. The van der Waals surface area contributed by atoms with Gasteiger partial charge in [-0.3, -0.25) is 0 Å². The zero-order chi connectivity index (χ0) is 11.5. The quantitative estimate of drug-likeness (QED) is 0.417. The van der Waals surface area contributed by atoms with Crippen molar-refractivity contribution >= 4 is 18.1 Å². The van der Waals surface area contributed by atoms with Crippen molar-refractivity contribution in [1.29, 1.82) is 0 Å². The molecule has 0 radical (unpaired) electrons. The predicted octanol–water partition coefficient (Wildman–Crippen LogP) is 4.09. The lowest BCUT2D eigenvalue weighted by atomic mass is 10.3.